The molecule has 1 N–H and O–H groups in total. The van der Waals surface area contributed by atoms with Gasteiger partial charge in [-0.05, 0) is 38.4 Å². The minimum absolute atomic E-state index is 0.867. The standard InChI is InChI=1S/C13H21N3/c1-3-16(13-4-5-13)9-8-15-12-6-7-14-11(2)10-12/h6-7,10,13H,3-5,8-9H2,1-2H3,(H,14,15). The quantitative estimate of drug-likeness (QED) is 0.795. The van der Waals surface area contributed by atoms with Crippen molar-refractivity contribution in [3.8, 4) is 0 Å². The lowest BCUT2D eigenvalue weighted by Crippen LogP contribution is -2.30. The SMILES string of the molecule is CCN(CCNc1ccnc(C)c1)C1CC1. The van der Waals surface area contributed by atoms with Gasteiger partial charge in [0.1, 0.15) is 0 Å². The number of likely N-dealkylation sites (N-methyl/N-ethyl adjacent to an activating group) is 1. The zero-order valence-corrected chi connectivity index (χ0v) is 10.2. The van der Waals surface area contributed by atoms with E-state index in [9.17, 15) is 0 Å². The highest BCUT2D eigenvalue weighted by molar-refractivity contribution is 5.42. The van der Waals surface area contributed by atoms with Gasteiger partial charge in [0.05, 0.1) is 0 Å². The lowest BCUT2D eigenvalue weighted by atomic mass is 10.3. The Hall–Kier alpha value is -1.09. The predicted octanol–water partition coefficient (Wildman–Crippen LogP) is 2.29. The Labute approximate surface area is 97.9 Å². The Morgan fingerprint density at radius 3 is 2.94 bits per heavy atom. The summed E-state index contributed by atoms with van der Waals surface area (Å²) in [5, 5.41) is 3.45. The van der Waals surface area contributed by atoms with E-state index in [1.54, 1.807) is 0 Å². The lowest BCUT2D eigenvalue weighted by Gasteiger charge is -2.20. The molecule has 88 valence electrons. The maximum atomic E-state index is 4.19. The molecule has 1 saturated carbocycles. The molecule has 1 aliphatic rings. The molecule has 16 heavy (non-hydrogen) atoms. The summed E-state index contributed by atoms with van der Waals surface area (Å²) in [6, 6.07) is 4.99. The monoisotopic (exact) mass is 219 g/mol. The molecule has 2 rings (SSSR count). The van der Waals surface area contributed by atoms with E-state index in [1.807, 2.05) is 19.2 Å². The first-order valence-electron chi connectivity index (χ1n) is 6.20. The fraction of sp³-hybridized carbons (Fsp3) is 0.615. The summed E-state index contributed by atoms with van der Waals surface area (Å²) in [6.07, 6.45) is 4.64. The molecule has 0 saturated heterocycles. The summed E-state index contributed by atoms with van der Waals surface area (Å²) in [5.41, 5.74) is 2.25. The smallest absolute Gasteiger partial charge is 0.0393 e. The second-order valence-corrected chi connectivity index (χ2v) is 4.47. The Balaban J connectivity index is 1.74. The number of aryl methyl sites for hydroxylation is 1. The van der Waals surface area contributed by atoms with Gasteiger partial charge in [0, 0.05) is 36.7 Å². The summed E-state index contributed by atoms with van der Waals surface area (Å²) >= 11 is 0. The van der Waals surface area contributed by atoms with Crippen LogP contribution in [0.2, 0.25) is 0 Å². The van der Waals surface area contributed by atoms with Gasteiger partial charge < -0.3 is 5.32 Å². The Kier molecular flexibility index (Phi) is 3.78. The van der Waals surface area contributed by atoms with Gasteiger partial charge in [-0.25, -0.2) is 0 Å². The van der Waals surface area contributed by atoms with Crippen LogP contribution in [0.15, 0.2) is 18.3 Å². The molecule has 3 nitrogen and oxygen atoms in total. The third-order valence-corrected chi connectivity index (χ3v) is 3.09. The molecule has 0 spiro atoms. The molecule has 0 amide bonds. The maximum absolute atomic E-state index is 4.19. The van der Waals surface area contributed by atoms with Gasteiger partial charge in [0.15, 0.2) is 0 Å². The van der Waals surface area contributed by atoms with Crippen LogP contribution < -0.4 is 5.32 Å². The minimum atomic E-state index is 0.867. The molecule has 0 atom stereocenters. The van der Waals surface area contributed by atoms with Crippen molar-refractivity contribution in [1.82, 2.24) is 9.88 Å². The van der Waals surface area contributed by atoms with Gasteiger partial charge in [-0.1, -0.05) is 6.92 Å². The van der Waals surface area contributed by atoms with E-state index >= 15 is 0 Å². The predicted molar refractivity (Wildman–Crippen MR) is 67.7 cm³/mol. The number of anilines is 1. The first kappa shape index (κ1) is 11.4. The molecule has 1 heterocycles. The van der Waals surface area contributed by atoms with Crippen molar-refractivity contribution in [3.63, 3.8) is 0 Å². The lowest BCUT2D eigenvalue weighted by molar-refractivity contribution is 0.289. The van der Waals surface area contributed by atoms with Gasteiger partial charge in [-0.15, -0.1) is 0 Å². The van der Waals surface area contributed by atoms with Gasteiger partial charge in [0.2, 0.25) is 0 Å². The van der Waals surface area contributed by atoms with Gasteiger partial charge in [-0.3, -0.25) is 9.88 Å². The fourth-order valence-corrected chi connectivity index (χ4v) is 2.04. The molecule has 0 aromatic carbocycles. The molecule has 0 bridgehead atoms. The van der Waals surface area contributed by atoms with Crippen molar-refractivity contribution in [2.75, 3.05) is 25.0 Å². The molecule has 0 unspecified atom stereocenters. The van der Waals surface area contributed by atoms with Crippen LogP contribution in [0.25, 0.3) is 0 Å². The average Bonchev–Trinajstić information content (AvgIpc) is 3.08. The molecule has 3 heteroatoms. The van der Waals surface area contributed by atoms with Crippen LogP contribution in [0.3, 0.4) is 0 Å². The zero-order valence-electron chi connectivity index (χ0n) is 10.2. The van der Waals surface area contributed by atoms with Crippen molar-refractivity contribution < 1.29 is 0 Å². The Morgan fingerprint density at radius 1 is 1.50 bits per heavy atom. The molecule has 1 fully saturated rings. The van der Waals surface area contributed by atoms with Crippen LogP contribution in [-0.4, -0.2) is 35.6 Å². The van der Waals surface area contributed by atoms with E-state index in [0.29, 0.717) is 0 Å². The molecule has 1 aromatic heterocycles. The number of pyridine rings is 1. The topological polar surface area (TPSA) is 28.2 Å². The summed E-state index contributed by atoms with van der Waals surface area (Å²) in [6.45, 7) is 7.60. The molecule has 0 radical (unpaired) electrons. The van der Waals surface area contributed by atoms with Crippen LogP contribution in [-0.2, 0) is 0 Å². The molecular formula is C13H21N3. The van der Waals surface area contributed by atoms with E-state index in [4.69, 9.17) is 0 Å². The fourth-order valence-electron chi connectivity index (χ4n) is 2.04. The minimum Gasteiger partial charge on any atom is -0.384 e. The second-order valence-electron chi connectivity index (χ2n) is 4.47. The van der Waals surface area contributed by atoms with E-state index in [0.717, 1.165) is 24.8 Å². The summed E-state index contributed by atoms with van der Waals surface area (Å²) in [7, 11) is 0. The van der Waals surface area contributed by atoms with Crippen molar-refractivity contribution >= 4 is 5.69 Å². The highest BCUT2D eigenvalue weighted by Crippen LogP contribution is 2.25. The van der Waals surface area contributed by atoms with Crippen LogP contribution in [0.1, 0.15) is 25.5 Å². The van der Waals surface area contributed by atoms with E-state index in [-0.39, 0.29) is 0 Å². The van der Waals surface area contributed by atoms with Crippen LogP contribution in [0.5, 0.6) is 0 Å². The van der Waals surface area contributed by atoms with E-state index < -0.39 is 0 Å². The maximum Gasteiger partial charge on any atom is 0.0393 e. The highest BCUT2D eigenvalue weighted by atomic mass is 15.2. The van der Waals surface area contributed by atoms with Crippen molar-refractivity contribution in [1.29, 1.82) is 0 Å². The normalized spacial score (nSPS) is 15.4. The van der Waals surface area contributed by atoms with Gasteiger partial charge in [-0.2, -0.15) is 0 Å². The Bertz CT molecular complexity index is 334. The third-order valence-electron chi connectivity index (χ3n) is 3.09. The number of rotatable bonds is 6. The Morgan fingerprint density at radius 2 is 2.31 bits per heavy atom. The molecular weight excluding hydrogens is 198 g/mol. The van der Waals surface area contributed by atoms with Crippen LogP contribution in [0.4, 0.5) is 5.69 Å². The van der Waals surface area contributed by atoms with Crippen LogP contribution >= 0.6 is 0 Å². The summed E-state index contributed by atoms with van der Waals surface area (Å²) in [4.78, 5) is 6.74. The molecule has 1 aliphatic carbocycles. The van der Waals surface area contributed by atoms with E-state index in [1.165, 1.54) is 25.1 Å². The van der Waals surface area contributed by atoms with Gasteiger partial charge in [0.25, 0.3) is 0 Å². The van der Waals surface area contributed by atoms with Gasteiger partial charge >= 0.3 is 0 Å². The second kappa shape index (κ2) is 5.30. The first-order valence-corrected chi connectivity index (χ1v) is 6.20. The van der Waals surface area contributed by atoms with Crippen molar-refractivity contribution in [3.05, 3.63) is 24.0 Å². The molecule has 1 aromatic rings. The number of aromatic nitrogens is 1. The van der Waals surface area contributed by atoms with Crippen LogP contribution in [0, 0.1) is 6.92 Å². The summed E-state index contributed by atoms with van der Waals surface area (Å²) < 4.78 is 0. The zero-order chi connectivity index (χ0) is 11.4. The van der Waals surface area contributed by atoms with Crippen molar-refractivity contribution in [2.45, 2.75) is 32.7 Å². The third kappa shape index (κ3) is 3.20. The number of hydrogen-bond acceptors (Lipinski definition) is 3. The van der Waals surface area contributed by atoms with Crippen molar-refractivity contribution in [2.24, 2.45) is 0 Å². The number of hydrogen-bond donors (Lipinski definition) is 1. The first-order chi connectivity index (χ1) is 7.79. The highest BCUT2D eigenvalue weighted by Gasteiger charge is 2.26. The average molecular weight is 219 g/mol. The summed E-state index contributed by atoms with van der Waals surface area (Å²) in [5.74, 6) is 0. The van der Waals surface area contributed by atoms with E-state index in [2.05, 4.69) is 28.2 Å². The number of nitrogens with one attached hydrogen (secondary N) is 1. The largest absolute Gasteiger partial charge is 0.384 e. The molecule has 0 aliphatic heterocycles. The number of nitrogens with zero attached hydrogens (tertiary/aromatic N) is 2.